The number of amides is 1. The van der Waals surface area contributed by atoms with Crippen LogP contribution in [0.4, 0.5) is 0 Å². The van der Waals surface area contributed by atoms with E-state index in [-0.39, 0.29) is 24.2 Å². The largest absolute Gasteiger partial charge is 0.481 e. The lowest BCUT2D eigenvalue weighted by molar-refractivity contribution is -0.139. The second kappa shape index (κ2) is 7.36. The molecule has 18 heavy (non-hydrogen) atoms. The van der Waals surface area contributed by atoms with Crippen LogP contribution in [0.25, 0.3) is 0 Å². The van der Waals surface area contributed by atoms with E-state index in [9.17, 15) is 9.59 Å². The normalized spacial score (nSPS) is 18.7. The van der Waals surface area contributed by atoms with Gasteiger partial charge in [0.2, 0.25) is 5.91 Å². The molecule has 1 amide bonds. The lowest BCUT2D eigenvalue weighted by Gasteiger charge is -2.33. The maximum atomic E-state index is 12.2. The number of likely N-dealkylation sites (tertiary alicyclic amines) is 1. The second-order valence-electron chi connectivity index (χ2n) is 5.09. The van der Waals surface area contributed by atoms with E-state index in [4.69, 9.17) is 10.8 Å². The Morgan fingerprint density at radius 2 is 2.00 bits per heavy atom. The molecule has 5 nitrogen and oxygen atoms in total. The number of carbonyl (C=O) groups is 2. The fourth-order valence-electron chi connectivity index (χ4n) is 2.55. The second-order valence-corrected chi connectivity index (χ2v) is 5.09. The van der Waals surface area contributed by atoms with Gasteiger partial charge in [0.15, 0.2) is 0 Å². The van der Waals surface area contributed by atoms with Gasteiger partial charge in [-0.3, -0.25) is 9.59 Å². The van der Waals surface area contributed by atoms with Gasteiger partial charge in [-0.25, -0.2) is 0 Å². The van der Waals surface area contributed by atoms with Crippen LogP contribution >= 0.6 is 0 Å². The average Bonchev–Trinajstić information content (AvgIpc) is 2.35. The van der Waals surface area contributed by atoms with Crippen LogP contribution in [-0.2, 0) is 9.59 Å². The van der Waals surface area contributed by atoms with Crippen molar-refractivity contribution in [2.45, 2.75) is 39.0 Å². The summed E-state index contributed by atoms with van der Waals surface area (Å²) in [6.45, 7) is 3.81. The van der Waals surface area contributed by atoms with Crippen LogP contribution in [0.2, 0.25) is 0 Å². The number of nitrogens with two attached hydrogens (primary N) is 1. The molecule has 1 aliphatic heterocycles. The third kappa shape index (κ3) is 4.29. The fraction of sp³-hybridized carbons (Fsp3) is 0.846. The summed E-state index contributed by atoms with van der Waals surface area (Å²) in [5, 5.41) is 8.74. The Bertz CT molecular complexity index is 286. The Hall–Kier alpha value is -1.10. The molecule has 1 fully saturated rings. The molecule has 3 N–H and O–H groups in total. The zero-order valence-electron chi connectivity index (χ0n) is 11.1. The molecule has 1 saturated heterocycles. The van der Waals surface area contributed by atoms with E-state index in [0.29, 0.717) is 19.6 Å². The summed E-state index contributed by atoms with van der Waals surface area (Å²) < 4.78 is 0. The van der Waals surface area contributed by atoms with Gasteiger partial charge in [0.1, 0.15) is 0 Å². The molecule has 1 aliphatic rings. The first-order valence-electron chi connectivity index (χ1n) is 6.79. The maximum absolute atomic E-state index is 12.2. The third-order valence-electron chi connectivity index (χ3n) is 3.66. The van der Waals surface area contributed by atoms with Gasteiger partial charge in [-0.15, -0.1) is 0 Å². The first kappa shape index (κ1) is 15.0. The SMILES string of the molecule is CCCC(CN)C(=O)N1CCC(CC(=O)O)CC1. The zero-order chi connectivity index (χ0) is 13.5. The van der Waals surface area contributed by atoms with Gasteiger partial charge in [0, 0.05) is 26.1 Å². The number of carbonyl (C=O) groups excluding carboxylic acids is 1. The zero-order valence-corrected chi connectivity index (χ0v) is 11.1. The van der Waals surface area contributed by atoms with E-state index in [1.165, 1.54) is 0 Å². The van der Waals surface area contributed by atoms with Crippen molar-refractivity contribution in [2.24, 2.45) is 17.6 Å². The Balaban J connectivity index is 2.41. The Morgan fingerprint density at radius 1 is 1.39 bits per heavy atom. The molecule has 1 heterocycles. The number of rotatable bonds is 6. The quantitative estimate of drug-likeness (QED) is 0.744. The molecule has 0 saturated carbocycles. The molecular weight excluding hydrogens is 232 g/mol. The summed E-state index contributed by atoms with van der Waals surface area (Å²) in [6.07, 6.45) is 3.60. The lowest BCUT2D eigenvalue weighted by Crippen LogP contribution is -2.43. The first-order chi connectivity index (χ1) is 8.58. The Kier molecular flexibility index (Phi) is 6.12. The molecule has 0 radical (unpaired) electrons. The van der Waals surface area contributed by atoms with Gasteiger partial charge in [0.25, 0.3) is 0 Å². The minimum atomic E-state index is -0.745. The number of hydrogen-bond acceptors (Lipinski definition) is 3. The predicted octanol–water partition coefficient (Wildman–Crippen LogP) is 1.07. The summed E-state index contributed by atoms with van der Waals surface area (Å²) in [7, 11) is 0. The van der Waals surface area contributed by atoms with Crippen LogP contribution in [0.5, 0.6) is 0 Å². The van der Waals surface area contributed by atoms with Crippen molar-refractivity contribution in [3.63, 3.8) is 0 Å². The topological polar surface area (TPSA) is 83.6 Å². The summed E-state index contributed by atoms with van der Waals surface area (Å²) in [5.41, 5.74) is 5.63. The van der Waals surface area contributed by atoms with Crippen LogP contribution in [0.3, 0.4) is 0 Å². The lowest BCUT2D eigenvalue weighted by atomic mass is 9.92. The van der Waals surface area contributed by atoms with Gasteiger partial charge >= 0.3 is 5.97 Å². The van der Waals surface area contributed by atoms with E-state index in [2.05, 4.69) is 6.92 Å². The molecule has 0 bridgehead atoms. The highest BCUT2D eigenvalue weighted by atomic mass is 16.4. The van der Waals surface area contributed by atoms with E-state index >= 15 is 0 Å². The van der Waals surface area contributed by atoms with Crippen molar-refractivity contribution in [3.05, 3.63) is 0 Å². The minimum Gasteiger partial charge on any atom is -0.481 e. The van der Waals surface area contributed by atoms with Gasteiger partial charge in [-0.1, -0.05) is 13.3 Å². The Morgan fingerprint density at radius 3 is 2.44 bits per heavy atom. The van der Waals surface area contributed by atoms with Crippen molar-refractivity contribution < 1.29 is 14.7 Å². The third-order valence-corrected chi connectivity index (χ3v) is 3.66. The molecule has 5 heteroatoms. The van der Waals surface area contributed by atoms with Crippen LogP contribution in [0.15, 0.2) is 0 Å². The van der Waals surface area contributed by atoms with Crippen LogP contribution < -0.4 is 5.73 Å². The van der Waals surface area contributed by atoms with E-state index in [1.807, 2.05) is 4.90 Å². The summed E-state index contributed by atoms with van der Waals surface area (Å²) in [6, 6.07) is 0. The van der Waals surface area contributed by atoms with Crippen molar-refractivity contribution in [3.8, 4) is 0 Å². The molecule has 1 atom stereocenters. The molecule has 0 aliphatic carbocycles. The predicted molar refractivity (Wildman–Crippen MR) is 69.0 cm³/mol. The molecule has 1 unspecified atom stereocenters. The molecular formula is C13H24N2O3. The first-order valence-corrected chi connectivity index (χ1v) is 6.79. The van der Waals surface area contributed by atoms with Gasteiger partial charge in [-0.05, 0) is 25.2 Å². The molecule has 0 aromatic rings. The van der Waals surface area contributed by atoms with Crippen molar-refractivity contribution in [1.82, 2.24) is 4.90 Å². The van der Waals surface area contributed by atoms with E-state index in [0.717, 1.165) is 25.7 Å². The number of aliphatic carboxylic acids is 1. The van der Waals surface area contributed by atoms with Crippen molar-refractivity contribution >= 4 is 11.9 Å². The van der Waals surface area contributed by atoms with Crippen molar-refractivity contribution in [2.75, 3.05) is 19.6 Å². The van der Waals surface area contributed by atoms with E-state index in [1.54, 1.807) is 0 Å². The highest BCUT2D eigenvalue weighted by Gasteiger charge is 2.27. The van der Waals surface area contributed by atoms with Gasteiger partial charge in [-0.2, -0.15) is 0 Å². The van der Waals surface area contributed by atoms with E-state index < -0.39 is 5.97 Å². The minimum absolute atomic E-state index is 0.0639. The summed E-state index contributed by atoms with van der Waals surface area (Å²) in [5.74, 6) is -0.446. The van der Waals surface area contributed by atoms with Gasteiger partial charge in [0.05, 0.1) is 5.92 Å². The average molecular weight is 256 g/mol. The number of hydrogen-bond donors (Lipinski definition) is 2. The van der Waals surface area contributed by atoms with Crippen molar-refractivity contribution in [1.29, 1.82) is 0 Å². The molecule has 104 valence electrons. The number of piperidine rings is 1. The summed E-state index contributed by atoms with van der Waals surface area (Å²) >= 11 is 0. The highest BCUT2D eigenvalue weighted by molar-refractivity contribution is 5.79. The fourth-order valence-corrected chi connectivity index (χ4v) is 2.55. The maximum Gasteiger partial charge on any atom is 0.303 e. The molecule has 1 rings (SSSR count). The molecule has 0 spiro atoms. The smallest absolute Gasteiger partial charge is 0.303 e. The monoisotopic (exact) mass is 256 g/mol. The highest BCUT2D eigenvalue weighted by Crippen LogP contribution is 2.22. The van der Waals surface area contributed by atoms with Crippen LogP contribution in [0, 0.1) is 11.8 Å². The number of nitrogens with zero attached hydrogens (tertiary/aromatic N) is 1. The summed E-state index contributed by atoms with van der Waals surface area (Å²) in [4.78, 5) is 24.7. The molecule has 0 aromatic heterocycles. The Labute approximate surface area is 108 Å². The van der Waals surface area contributed by atoms with Crippen LogP contribution in [0.1, 0.15) is 39.0 Å². The standard InChI is InChI=1S/C13H24N2O3/c1-2-3-11(9-14)13(18)15-6-4-10(5-7-15)8-12(16)17/h10-11H,2-9,14H2,1H3,(H,16,17). The number of carboxylic acids is 1. The molecule has 0 aromatic carbocycles. The van der Waals surface area contributed by atoms with Crippen LogP contribution in [-0.4, -0.2) is 41.5 Å². The number of carboxylic acid groups (broad SMARTS) is 1. The van der Waals surface area contributed by atoms with Gasteiger partial charge < -0.3 is 15.7 Å².